The van der Waals surface area contributed by atoms with Crippen LogP contribution in [0.15, 0.2) is 4.99 Å². The summed E-state index contributed by atoms with van der Waals surface area (Å²) in [6.45, 7) is 10.1. The van der Waals surface area contributed by atoms with Gasteiger partial charge in [0.25, 0.3) is 0 Å². The van der Waals surface area contributed by atoms with Crippen molar-refractivity contribution in [2.45, 2.75) is 20.3 Å². The number of aliphatic imine (C=N–C) groups is 1. The Bertz CT molecular complexity index is 476. The first-order valence-electron chi connectivity index (χ1n) is 7.89. The van der Waals surface area contributed by atoms with E-state index in [1.807, 2.05) is 14.0 Å². The number of hydrogen-bond acceptors (Lipinski definition) is 6. The summed E-state index contributed by atoms with van der Waals surface area (Å²) in [7, 11) is 1.83. The Kier molecular flexibility index (Phi) is 9.72. The first-order chi connectivity index (χ1) is 10.8. The van der Waals surface area contributed by atoms with Crippen molar-refractivity contribution < 1.29 is 4.74 Å². The van der Waals surface area contributed by atoms with E-state index in [1.54, 1.807) is 0 Å². The quantitative estimate of drug-likeness (QED) is 0.304. The van der Waals surface area contributed by atoms with Gasteiger partial charge in [-0.1, -0.05) is 6.92 Å². The Hall–Kier alpha value is -0.680. The number of rotatable bonds is 6. The highest BCUT2D eigenvalue weighted by molar-refractivity contribution is 14.0. The van der Waals surface area contributed by atoms with Crippen LogP contribution in [0.2, 0.25) is 0 Å². The first kappa shape index (κ1) is 20.4. The summed E-state index contributed by atoms with van der Waals surface area (Å²) in [5.74, 6) is 1.89. The van der Waals surface area contributed by atoms with E-state index in [1.165, 1.54) is 11.5 Å². The molecule has 0 bridgehead atoms. The summed E-state index contributed by atoms with van der Waals surface area (Å²) in [6.07, 6.45) is 0.896. The van der Waals surface area contributed by atoms with Gasteiger partial charge in [0.15, 0.2) is 5.96 Å². The number of nitrogens with zero attached hydrogens (tertiary/aromatic N) is 5. The lowest BCUT2D eigenvalue weighted by molar-refractivity contribution is 0.151. The largest absolute Gasteiger partial charge is 0.380 e. The predicted octanol–water partition coefficient (Wildman–Crippen LogP) is 1.45. The lowest BCUT2D eigenvalue weighted by Crippen LogP contribution is -2.53. The molecule has 1 aromatic rings. The summed E-state index contributed by atoms with van der Waals surface area (Å²) >= 11 is 1.50. The molecule has 1 aliphatic heterocycles. The van der Waals surface area contributed by atoms with Crippen molar-refractivity contribution in [1.82, 2.24) is 19.6 Å². The molecule has 0 spiro atoms. The number of aryl methyl sites for hydroxylation is 1. The van der Waals surface area contributed by atoms with Gasteiger partial charge in [0.05, 0.1) is 6.61 Å². The second-order valence-electron chi connectivity index (χ2n) is 4.99. The van der Waals surface area contributed by atoms with E-state index in [-0.39, 0.29) is 24.0 Å². The van der Waals surface area contributed by atoms with Gasteiger partial charge in [-0.3, -0.25) is 4.99 Å². The second-order valence-corrected chi connectivity index (χ2v) is 5.72. The molecule has 1 N–H and O–H groups in total. The number of nitrogens with one attached hydrogen (secondary N) is 1. The molecule has 0 unspecified atom stereocenters. The molecule has 9 heteroatoms. The van der Waals surface area contributed by atoms with Crippen LogP contribution < -0.4 is 10.2 Å². The molecule has 2 rings (SSSR count). The minimum Gasteiger partial charge on any atom is -0.380 e. The van der Waals surface area contributed by atoms with Crippen LogP contribution >= 0.6 is 35.5 Å². The van der Waals surface area contributed by atoms with Crippen LogP contribution in [-0.4, -0.2) is 73.2 Å². The van der Waals surface area contributed by atoms with Gasteiger partial charge < -0.3 is 19.9 Å². The minimum atomic E-state index is 0. The van der Waals surface area contributed by atoms with E-state index >= 15 is 0 Å². The molecule has 1 fully saturated rings. The Balaban J connectivity index is 0.00000264. The van der Waals surface area contributed by atoms with Crippen LogP contribution in [0.1, 0.15) is 19.7 Å². The van der Waals surface area contributed by atoms with Gasteiger partial charge in [-0.05, 0) is 6.92 Å². The highest BCUT2D eigenvalue weighted by atomic mass is 127. The highest BCUT2D eigenvalue weighted by Crippen LogP contribution is 2.19. The SMILES string of the molecule is CCOCCNC(=NC)N1CCN(c2nc(CC)ns2)CC1.I. The molecule has 0 aliphatic carbocycles. The zero-order valence-corrected chi connectivity index (χ0v) is 17.3. The predicted molar refractivity (Wildman–Crippen MR) is 106 cm³/mol. The van der Waals surface area contributed by atoms with Gasteiger partial charge in [-0.15, -0.1) is 24.0 Å². The molecule has 0 saturated carbocycles. The summed E-state index contributed by atoms with van der Waals surface area (Å²) in [6, 6.07) is 0. The zero-order chi connectivity index (χ0) is 15.8. The normalized spacial score (nSPS) is 15.5. The highest BCUT2D eigenvalue weighted by Gasteiger charge is 2.21. The van der Waals surface area contributed by atoms with Crippen molar-refractivity contribution >= 4 is 46.6 Å². The van der Waals surface area contributed by atoms with Crippen LogP contribution in [0, 0.1) is 0 Å². The number of anilines is 1. The number of guanidine groups is 1. The third-order valence-electron chi connectivity index (χ3n) is 3.57. The van der Waals surface area contributed by atoms with Gasteiger partial charge in [-0.25, -0.2) is 4.98 Å². The summed E-state index contributed by atoms with van der Waals surface area (Å²) in [5.41, 5.74) is 0. The molecule has 132 valence electrons. The lowest BCUT2D eigenvalue weighted by Gasteiger charge is -2.36. The number of halogens is 1. The maximum absolute atomic E-state index is 5.35. The maximum Gasteiger partial charge on any atom is 0.205 e. The van der Waals surface area contributed by atoms with Crippen LogP contribution in [0.4, 0.5) is 5.13 Å². The van der Waals surface area contributed by atoms with Crippen molar-refractivity contribution in [3.63, 3.8) is 0 Å². The van der Waals surface area contributed by atoms with Gasteiger partial charge in [0.2, 0.25) is 5.13 Å². The third-order valence-corrected chi connectivity index (χ3v) is 4.38. The Morgan fingerprint density at radius 1 is 1.30 bits per heavy atom. The summed E-state index contributed by atoms with van der Waals surface area (Å²) in [4.78, 5) is 13.5. The van der Waals surface area contributed by atoms with Gasteiger partial charge in [0.1, 0.15) is 5.82 Å². The van der Waals surface area contributed by atoms with E-state index in [4.69, 9.17) is 4.74 Å². The Morgan fingerprint density at radius 3 is 2.61 bits per heavy atom. The van der Waals surface area contributed by atoms with E-state index in [2.05, 4.69) is 36.4 Å². The number of hydrogen-bond donors (Lipinski definition) is 1. The number of piperazine rings is 1. The van der Waals surface area contributed by atoms with Crippen LogP contribution in [0.25, 0.3) is 0 Å². The van der Waals surface area contributed by atoms with Gasteiger partial charge in [0, 0.05) is 64.3 Å². The molecule has 0 amide bonds. The third kappa shape index (κ3) is 6.03. The van der Waals surface area contributed by atoms with Crippen LogP contribution in [-0.2, 0) is 11.2 Å². The molecule has 7 nitrogen and oxygen atoms in total. The van der Waals surface area contributed by atoms with Crippen molar-refractivity contribution in [3.05, 3.63) is 5.82 Å². The lowest BCUT2D eigenvalue weighted by atomic mass is 10.3. The average Bonchev–Trinajstić information content (AvgIpc) is 3.04. The molecule has 23 heavy (non-hydrogen) atoms. The van der Waals surface area contributed by atoms with Crippen molar-refractivity contribution in [2.24, 2.45) is 4.99 Å². The van der Waals surface area contributed by atoms with Crippen LogP contribution in [0.3, 0.4) is 0 Å². The number of ether oxygens (including phenoxy) is 1. The molecule has 1 aromatic heterocycles. The van der Waals surface area contributed by atoms with Gasteiger partial charge in [-0.2, -0.15) is 4.37 Å². The smallest absolute Gasteiger partial charge is 0.205 e. The van der Waals surface area contributed by atoms with Crippen LogP contribution in [0.5, 0.6) is 0 Å². The molecule has 0 radical (unpaired) electrons. The molecular formula is C14H27IN6OS. The van der Waals surface area contributed by atoms with Crippen molar-refractivity contribution in [2.75, 3.05) is 57.9 Å². The van der Waals surface area contributed by atoms with E-state index in [0.29, 0.717) is 6.61 Å². The van der Waals surface area contributed by atoms with Gasteiger partial charge >= 0.3 is 0 Å². The monoisotopic (exact) mass is 454 g/mol. The first-order valence-corrected chi connectivity index (χ1v) is 8.66. The van der Waals surface area contributed by atoms with Crippen molar-refractivity contribution in [1.29, 1.82) is 0 Å². The summed E-state index contributed by atoms with van der Waals surface area (Å²) in [5, 5.41) is 4.39. The fourth-order valence-corrected chi connectivity index (χ4v) is 3.14. The van der Waals surface area contributed by atoms with Crippen molar-refractivity contribution in [3.8, 4) is 0 Å². The van der Waals surface area contributed by atoms with E-state index in [0.717, 1.165) is 62.7 Å². The minimum absolute atomic E-state index is 0. The molecule has 0 atom stereocenters. The maximum atomic E-state index is 5.35. The fraction of sp³-hybridized carbons (Fsp3) is 0.786. The molecule has 0 aromatic carbocycles. The second kappa shape index (κ2) is 11.0. The molecule has 1 saturated heterocycles. The molecule has 2 heterocycles. The van der Waals surface area contributed by atoms with E-state index in [9.17, 15) is 0 Å². The zero-order valence-electron chi connectivity index (χ0n) is 14.1. The molecule has 1 aliphatic rings. The topological polar surface area (TPSA) is 65.9 Å². The Labute approximate surface area is 159 Å². The molecular weight excluding hydrogens is 427 g/mol. The fourth-order valence-electron chi connectivity index (χ4n) is 2.34. The van der Waals surface area contributed by atoms with E-state index < -0.39 is 0 Å². The number of aromatic nitrogens is 2. The standard InChI is InChI=1S/C14H26N6OS.HI/c1-4-12-17-14(22-18-12)20-9-7-19(8-10-20)13(15-3)16-6-11-21-5-2;/h4-11H2,1-3H3,(H,15,16);1H. The Morgan fingerprint density at radius 2 is 2.04 bits per heavy atom. The average molecular weight is 454 g/mol. The summed E-state index contributed by atoms with van der Waals surface area (Å²) < 4.78 is 9.71.